The average Bonchev–Trinajstić information content (AvgIpc) is 2.41. The number of benzene rings is 1. The van der Waals surface area contributed by atoms with Gasteiger partial charge >= 0.3 is 0 Å². The molecule has 0 aliphatic carbocycles. The van der Waals surface area contributed by atoms with Crippen molar-refractivity contribution < 1.29 is 5.11 Å². The summed E-state index contributed by atoms with van der Waals surface area (Å²) in [5.41, 5.74) is 2.05. The van der Waals surface area contributed by atoms with E-state index < -0.39 is 0 Å². The van der Waals surface area contributed by atoms with Crippen molar-refractivity contribution in [3.05, 3.63) is 24.3 Å². The fourth-order valence-corrected chi connectivity index (χ4v) is 2.06. The molecule has 0 aromatic heterocycles. The van der Waals surface area contributed by atoms with Crippen molar-refractivity contribution in [1.29, 1.82) is 0 Å². The molecule has 1 aliphatic heterocycles. The van der Waals surface area contributed by atoms with E-state index in [1.54, 1.807) is 0 Å². The third-order valence-electron chi connectivity index (χ3n) is 2.87. The molecule has 1 aliphatic rings. The third-order valence-corrected chi connectivity index (χ3v) is 2.87. The van der Waals surface area contributed by atoms with E-state index in [1.807, 2.05) is 18.2 Å². The monoisotopic (exact) mass is 229 g/mol. The highest BCUT2D eigenvalue weighted by atomic mass is 16.2. The SMILES string of the molecule is OCC#CNc1ccc[c]c1N1CCCCC1. The van der Waals surface area contributed by atoms with Crippen molar-refractivity contribution >= 4 is 11.4 Å². The van der Waals surface area contributed by atoms with Crippen LogP contribution in [0.25, 0.3) is 0 Å². The van der Waals surface area contributed by atoms with Crippen LogP contribution in [0.15, 0.2) is 18.2 Å². The lowest BCUT2D eigenvalue weighted by molar-refractivity contribution is 0.350. The Morgan fingerprint density at radius 1 is 1.35 bits per heavy atom. The number of hydrogen-bond acceptors (Lipinski definition) is 3. The molecule has 1 aromatic carbocycles. The second-order valence-electron chi connectivity index (χ2n) is 4.07. The molecule has 0 amide bonds. The number of nitrogens with one attached hydrogen (secondary N) is 1. The van der Waals surface area contributed by atoms with Crippen molar-refractivity contribution in [2.75, 3.05) is 29.9 Å². The van der Waals surface area contributed by atoms with Crippen molar-refractivity contribution in [3.63, 3.8) is 0 Å². The van der Waals surface area contributed by atoms with Gasteiger partial charge in [-0.3, -0.25) is 0 Å². The van der Waals surface area contributed by atoms with Gasteiger partial charge in [-0.25, -0.2) is 0 Å². The van der Waals surface area contributed by atoms with Crippen LogP contribution in [0, 0.1) is 18.0 Å². The molecule has 3 nitrogen and oxygen atoms in total. The lowest BCUT2D eigenvalue weighted by Gasteiger charge is -2.29. The van der Waals surface area contributed by atoms with Crippen LogP contribution in [0.5, 0.6) is 0 Å². The summed E-state index contributed by atoms with van der Waals surface area (Å²) in [6, 6.07) is 11.9. The summed E-state index contributed by atoms with van der Waals surface area (Å²) >= 11 is 0. The molecule has 1 saturated heterocycles. The lowest BCUT2D eigenvalue weighted by Crippen LogP contribution is -2.29. The minimum Gasteiger partial charge on any atom is -0.384 e. The maximum atomic E-state index is 8.63. The molecule has 0 bridgehead atoms. The Kier molecular flexibility index (Phi) is 4.29. The number of piperidine rings is 1. The topological polar surface area (TPSA) is 35.5 Å². The number of aliphatic hydroxyl groups excluding tert-OH is 1. The molecule has 89 valence electrons. The minimum atomic E-state index is -0.122. The van der Waals surface area contributed by atoms with Crippen LogP contribution in [0.2, 0.25) is 0 Å². The highest BCUT2D eigenvalue weighted by Gasteiger charge is 2.13. The molecule has 1 aromatic rings. The van der Waals surface area contributed by atoms with Crippen LogP contribution < -0.4 is 10.2 Å². The van der Waals surface area contributed by atoms with E-state index in [1.165, 1.54) is 19.3 Å². The van der Waals surface area contributed by atoms with Gasteiger partial charge in [0.2, 0.25) is 0 Å². The summed E-state index contributed by atoms with van der Waals surface area (Å²) in [6.45, 7) is 2.05. The number of aliphatic hydroxyl groups is 1. The highest BCUT2D eigenvalue weighted by Crippen LogP contribution is 2.27. The smallest absolute Gasteiger partial charge is 0.106 e. The second-order valence-corrected chi connectivity index (χ2v) is 4.07. The van der Waals surface area contributed by atoms with Gasteiger partial charge in [-0.15, -0.1) is 0 Å². The first-order valence-electron chi connectivity index (χ1n) is 6.02. The summed E-state index contributed by atoms with van der Waals surface area (Å²) in [5, 5.41) is 11.6. The first-order chi connectivity index (χ1) is 8.42. The first kappa shape index (κ1) is 11.8. The van der Waals surface area contributed by atoms with Crippen molar-refractivity contribution in [2.45, 2.75) is 19.3 Å². The van der Waals surface area contributed by atoms with E-state index in [9.17, 15) is 0 Å². The molecule has 1 fully saturated rings. The summed E-state index contributed by atoms with van der Waals surface area (Å²) < 4.78 is 0. The quantitative estimate of drug-likeness (QED) is 0.600. The number of nitrogens with zero attached hydrogens (tertiary/aromatic N) is 1. The molecule has 0 unspecified atom stereocenters. The Bertz CT molecular complexity index is 414. The Morgan fingerprint density at radius 2 is 2.18 bits per heavy atom. The van der Waals surface area contributed by atoms with Gasteiger partial charge in [-0.1, -0.05) is 18.1 Å². The number of anilines is 2. The normalized spacial score (nSPS) is 15.0. The van der Waals surface area contributed by atoms with Crippen LogP contribution in [0.1, 0.15) is 19.3 Å². The Labute approximate surface area is 102 Å². The van der Waals surface area contributed by atoms with E-state index in [-0.39, 0.29) is 6.61 Å². The molecule has 17 heavy (non-hydrogen) atoms. The van der Waals surface area contributed by atoms with Crippen LogP contribution in [-0.2, 0) is 0 Å². The van der Waals surface area contributed by atoms with Gasteiger partial charge in [-0.05, 0) is 25.3 Å². The van der Waals surface area contributed by atoms with Crippen LogP contribution in [0.4, 0.5) is 11.4 Å². The van der Waals surface area contributed by atoms with Crippen molar-refractivity contribution in [1.82, 2.24) is 0 Å². The number of hydrogen-bond donors (Lipinski definition) is 2. The number of para-hydroxylation sites is 1. The van der Waals surface area contributed by atoms with Gasteiger partial charge in [0.05, 0.1) is 11.4 Å². The van der Waals surface area contributed by atoms with E-state index in [0.29, 0.717) is 0 Å². The second kappa shape index (κ2) is 6.17. The largest absolute Gasteiger partial charge is 0.384 e. The van der Waals surface area contributed by atoms with E-state index in [0.717, 1.165) is 24.5 Å². The fourth-order valence-electron chi connectivity index (χ4n) is 2.06. The Morgan fingerprint density at radius 3 is 2.94 bits per heavy atom. The molecular formula is C14H17N2O. The molecule has 0 spiro atoms. The van der Waals surface area contributed by atoms with Gasteiger partial charge in [0.15, 0.2) is 0 Å². The minimum absolute atomic E-state index is 0.122. The van der Waals surface area contributed by atoms with Crippen LogP contribution in [0.3, 0.4) is 0 Å². The predicted molar refractivity (Wildman–Crippen MR) is 69.8 cm³/mol. The molecule has 2 rings (SSSR count). The van der Waals surface area contributed by atoms with Crippen LogP contribution >= 0.6 is 0 Å². The van der Waals surface area contributed by atoms with Gasteiger partial charge in [-0.2, -0.15) is 0 Å². The predicted octanol–water partition coefficient (Wildman–Crippen LogP) is 1.84. The zero-order valence-corrected chi connectivity index (χ0v) is 9.87. The molecule has 1 heterocycles. The molecule has 2 N–H and O–H groups in total. The first-order valence-corrected chi connectivity index (χ1v) is 6.02. The zero-order chi connectivity index (χ0) is 11.9. The standard InChI is InChI=1S/C14H17N2O/c17-12-6-9-15-13-7-2-3-8-14(13)16-10-4-1-5-11-16/h2-3,7,15,17H,1,4-5,10-12H2. The maximum Gasteiger partial charge on any atom is 0.106 e. The summed E-state index contributed by atoms with van der Waals surface area (Å²) in [5.74, 6) is 2.59. The Balaban J connectivity index is 2.14. The summed E-state index contributed by atoms with van der Waals surface area (Å²) in [6.07, 6.45) is 3.80. The van der Waals surface area contributed by atoms with Crippen molar-refractivity contribution in [3.8, 4) is 12.0 Å². The summed E-state index contributed by atoms with van der Waals surface area (Å²) in [7, 11) is 0. The van der Waals surface area contributed by atoms with Gasteiger partial charge in [0.1, 0.15) is 6.61 Å². The van der Waals surface area contributed by atoms with Gasteiger partial charge in [0, 0.05) is 25.2 Å². The molecular weight excluding hydrogens is 212 g/mol. The third kappa shape index (κ3) is 3.15. The lowest BCUT2D eigenvalue weighted by atomic mass is 10.1. The molecule has 1 radical (unpaired) electrons. The fraction of sp³-hybridized carbons (Fsp3) is 0.429. The highest BCUT2D eigenvalue weighted by molar-refractivity contribution is 5.71. The average molecular weight is 229 g/mol. The van der Waals surface area contributed by atoms with E-state index >= 15 is 0 Å². The molecule has 0 saturated carbocycles. The van der Waals surface area contributed by atoms with Crippen LogP contribution in [-0.4, -0.2) is 24.8 Å². The van der Waals surface area contributed by atoms with Crippen molar-refractivity contribution in [2.24, 2.45) is 0 Å². The van der Waals surface area contributed by atoms with Gasteiger partial charge in [0.25, 0.3) is 0 Å². The Hall–Kier alpha value is -1.66. The zero-order valence-electron chi connectivity index (χ0n) is 9.87. The van der Waals surface area contributed by atoms with E-state index in [2.05, 4.69) is 28.2 Å². The van der Waals surface area contributed by atoms with Gasteiger partial charge < -0.3 is 15.3 Å². The number of rotatable bonds is 2. The van der Waals surface area contributed by atoms with E-state index in [4.69, 9.17) is 5.11 Å². The molecule has 0 atom stereocenters. The molecule has 3 heteroatoms. The maximum absolute atomic E-state index is 8.63. The summed E-state index contributed by atoms with van der Waals surface area (Å²) in [4.78, 5) is 2.34.